The Balaban J connectivity index is 2.11. The summed E-state index contributed by atoms with van der Waals surface area (Å²) in [6, 6.07) is 11.3. The zero-order valence-electron chi connectivity index (χ0n) is 11.0. The number of benzene rings is 1. The van der Waals surface area contributed by atoms with Crippen LogP contribution in [0.5, 0.6) is 0 Å². The van der Waals surface area contributed by atoms with Crippen LogP contribution in [0, 0.1) is 6.92 Å². The van der Waals surface area contributed by atoms with E-state index in [1.54, 1.807) is 12.1 Å². The van der Waals surface area contributed by atoms with Crippen molar-refractivity contribution in [1.82, 2.24) is 5.43 Å². The molecule has 1 N–H and O–H groups in total. The van der Waals surface area contributed by atoms with Crippen molar-refractivity contribution in [2.24, 2.45) is 5.10 Å². The van der Waals surface area contributed by atoms with Crippen molar-refractivity contribution in [3.8, 4) is 0 Å². The third-order valence-electron chi connectivity index (χ3n) is 2.76. The van der Waals surface area contributed by atoms with Crippen LogP contribution in [-0.2, 0) is 0 Å². The number of nitrogens with one attached hydrogen (secondary N) is 1. The molecule has 0 saturated heterocycles. The van der Waals surface area contributed by atoms with Crippen LogP contribution in [0.2, 0.25) is 0 Å². The van der Waals surface area contributed by atoms with Crippen LogP contribution in [0.1, 0.15) is 35.0 Å². The second kappa shape index (κ2) is 6.00. The van der Waals surface area contributed by atoms with Crippen LogP contribution in [-0.4, -0.2) is 11.6 Å². The van der Waals surface area contributed by atoms with Gasteiger partial charge in [-0.15, -0.1) is 0 Å². The fourth-order valence-electron chi connectivity index (χ4n) is 1.67. The molecule has 0 saturated carbocycles. The number of carbonyl (C=O) groups excluding carboxylic acids is 1. The van der Waals surface area contributed by atoms with E-state index in [1.807, 2.05) is 38.1 Å². The van der Waals surface area contributed by atoms with Crippen molar-refractivity contribution < 1.29 is 9.21 Å². The largest absolute Gasteiger partial charge is 0.459 e. The Morgan fingerprint density at radius 1 is 1.26 bits per heavy atom. The zero-order valence-corrected chi connectivity index (χ0v) is 11.0. The van der Waals surface area contributed by atoms with Gasteiger partial charge in [-0.25, -0.2) is 5.43 Å². The molecule has 1 aromatic heterocycles. The first kappa shape index (κ1) is 13.1. The molecule has 1 aromatic carbocycles. The van der Waals surface area contributed by atoms with E-state index in [-0.39, 0.29) is 11.7 Å². The maximum Gasteiger partial charge on any atom is 0.307 e. The third kappa shape index (κ3) is 3.31. The number of rotatable bonds is 4. The molecule has 4 nitrogen and oxygen atoms in total. The van der Waals surface area contributed by atoms with Crippen molar-refractivity contribution in [2.75, 3.05) is 0 Å². The van der Waals surface area contributed by atoms with Gasteiger partial charge in [0, 0.05) is 0 Å². The lowest BCUT2D eigenvalue weighted by Crippen LogP contribution is -2.19. The average molecular weight is 256 g/mol. The molecule has 0 bridgehead atoms. The highest BCUT2D eigenvalue weighted by Crippen LogP contribution is 2.07. The van der Waals surface area contributed by atoms with Gasteiger partial charge in [0.2, 0.25) is 0 Å². The molecule has 0 radical (unpaired) electrons. The van der Waals surface area contributed by atoms with E-state index in [9.17, 15) is 4.79 Å². The Labute approximate surface area is 112 Å². The third-order valence-corrected chi connectivity index (χ3v) is 2.76. The number of nitrogens with zero attached hydrogens (tertiary/aromatic N) is 1. The number of hydrogen-bond acceptors (Lipinski definition) is 3. The molecule has 0 unspecified atom stereocenters. The summed E-state index contributed by atoms with van der Waals surface area (Å²) in [5, 5.41) is 4.16. The Morgan fingerprint density at radius 3 is 2.58 bits per heavy atom. The Morgan fingerprint density at radius 2 is 2.00 bits per heavy atom. The first-order chi connectivity index (χ1) is 9.20. The number of hydrazone groups is 1. The molecular weight excluding hydrogens is 240 g/mol. The van der Waals surface area contributed by atoms with E-state index in [0.29, 0.717) is 0 Å². The van der Waals surface area contributed by atoms with Gasteiger partial charge in [-0.2, -0.15) is 5.10 Å². The summed E-state index contributed by atoms with van der Waals surface area (Å²) in [5.74, 6) is -0.0915. The van der Waals surface area contributed by atoms with Crippen LogP contribution in [0.15, 0.2) is 52.2 Å². The first-order valence-corrected chi connectivity index (χ1v) is 6.18. The van der Waals surface area contributed by atoms with E-state index < -0.39 is 0 Å². The van der Waals surface area contributed by atoms with Gasteiger partial charge >= 0.3 is 5.91 Å². The van der Waals surface area contributed by atoms with Crippen molar-refractivity contribution in [2.45, 2.75) is 20.3 Å². The zero-order chi connectivity index (χ0) is 13.7. The van der Waals surface area contributed by atoms with Gasteiger partial charge in [-0.3, -0.25) is 4.79 Å². The normalized spacial score (nSPS) is 11.4. The van der Waals surface area contributed by atoms with Crippen molar-refractivity contribution in [1.29, 1.82) is 0 Å². The van der Waals surface area contributed by atoms with Crippen molar-refractivity contribution in [3.05, 3.63) is 59.5 Å². The SMILES string of the molecule is CC/C(=N\NC(=O)c1ccco1)c1ccc(C)cc1. The maximum atomic E-state index is 11.7. The minimum absolute atomic E-state index is 0.253. The van der Waals surface area contributed by atoms with Crippen LogP contribution < -0.4 is 5.43 Å². The summed E-state index contributed by atoms with van der Waals surface area (Å²) in [6.45, 7) is 4.03. The lowest BCUT2D eigenvalue weighted by molar-refractivity contribution is 0.0927. The Hall–Kier alpha value is -2.36. The molecule has 98 valence electrons. The predicted octanol–water partition coefficient (Wildman–Crippen LogP) is 3.13. The second-order valence-corrected chi connectivity index (χ2v) is 4.20. The molecule has 4 heteroatoms. The highest BCUT2D eigenvalue weighted by molar-refractivity contribution is 6.01. The van der Waals surface area contributed by atoms with Crippen molar-refractivity contribution in [3.63, 3.8) is 0 Å². The standard InChI is InChI=1S/C15H16N2O2/c1-3-13(12-8-6-11(2)7-9-12)16-17-15(18)14-5-4-10-19-14/h4-10H,3H2,1-2H3,(H,17,18)/b16-13+. The lowest BCUT2D eigenvalue weighted by atomic mass is 10.1. The second-order valence-electron chi connectivity index (χ2n) is 4.20. The molecule has 0 aliphatic heterocycles. The van der Waals surface area contributed by atoms with Crippen molar-refractivity contribution >= 4 is 11.6 Å². The number of amides is 1. The summed E-state index contributed by atoms with van der Waals surface area (Å²) in [6.07, 6.45) is 2.20. The quantitative estimate of drug-likeness (QED) is 0.675. The van der Waals surface area contributed by atoms with Crippen LogP contribution in [0.4, 0.5) is 0 Å². The molecule has 2 aromatic rings. The molecule has 0 fully saturated rings. The molecule has 0 aliphatic carbocycles. The molecular formula is C15H16N2O2. The van der Waals surface area contributed by atoms with E-state index in [2.05, 4.69) is 10.5 Å². The fourth-order valence-corrected chi connectivity index (χ4v) is 1.67. The molecule has 0 atom stereocenters. The van der Waals surface area contributed by atoms with Gasteiger partial charge in [-0.1, -0.05) is 36.8 Å². The molecule has 2 rings (SSSR count). The molecule has 1 amide bonds. The van der Waals surface area contributed by atoms with Gasteiger partial charge in [0.15, 0.2) is 5.76 Å². The van der Waals surface area contributed by atoms with E-state index in [0.717, 1.165) is 17.7 Å². The molecule has 1 heterocycles. The van der Waals surface area contributed by atoms with E-state index in [4.69, 9.17) is 4.42 Å². The Bertz CT molecular complexity index is 569. The minimum atomic E-state index is -0.344. The highest BCUT2D eigenvalue weighted by Gasteiger charge is 2.08. The van der Waals surface area contributed by atoms with Gasteiger partial charge in [0.25, 0.3) is 0 Å². The topological polar surface area (TPSA) is 54.6 Å². The smallest absolute Gasteiger partial charge is 0.307 e. The van der Waals surface area contributed by atoms with Crippen LogP contribution in [0.25, 0.3) is 0 Å². The van der Waals surface area contributed by atoms with Gasteiger partial charge in [0.05, 0.1) is 12.0 Å². The predicted molar refractivity (Wildman–Crippen MR) is 74.2 cm³/mol. The molecule has 0 aliphatic rings. The van der Waals surface area contributed by atoms with Crippen LogP contribution in [0.3, 0.4) is 0 Å². The summed E-state index contributed by atoms with van der Waals surface area (Å²) in [4.78, 5) is 11.7. The summed E-state index contributed by atoms with van der Waals surface area (Å²) >= 11 is 0. The average Bonchev–Trinajstić information content (AvgIpc) is 2.95. The lowest BCUT2D eigenvalue weighted by Gasteiger charge is -2.05. The highest BCUT2D eigenvalue weighted by atomic mass is 16.3. The van der Waals surface area contributed by atoms with Gasteiger partial charge in [0.1, 0.15) is 0 Å². The monoisotopic (exact) mass is 256 g/mol. The van der Waals surface area contributed by atoms with Crippen LogP contribution >= 0.6 is 0 Å². The minimum Gasteiger partial charge on any atom is -0.459 e. The maximum absolute atomic E-state index is 11.7. The summed E-state index contributed by atoms with van der Waals surface area (Å²) in [5.41, 5.74) is 5.54. The summed E-state index contributed by atoms with van der Waals surface area (Å²) in [7, 11) is 0. The van der Waals surface area contributed by atoms with Gasteiger partial charge < -0.3 is 4.42 Å². The number of hydrogen-bond donors (Lipinski definition) is 1. The van der Waals surface area contributed by atoms with Gasteiger partial charge in [-0.05, 0) is 31.0 Å². The number of furan rings is 1. The first-order valence-electron chi connectivity index (χ1n) is 6.18. The summed E-state index contributed by atoms with van der Waals surface area (Å²) < 4.78 is 5.00. The van der Waals surface area contributed by atoms with E-state index >= 15 is 0 Å². The van der Waals surface area contributed by atoms with E-state index in [1.165, 1.54) is 11.8 Å². The number of carbonyl (C=O) groups is 1. The molecule has 19 heavy (non-hydrogen) atoms. The fraction of sp³-hybridized carbons (Fsp3) is 0.200. The Kier molecular flexibility index (Phi) is 4.13. The molecule has 0 spiro atoms. The number of aryl methyl sites for hydroxylation is 1.